The number of benzene rings is 2. The summed E-state index contributed by atoms with van der Waals surface area (Å²) in [6.07, 6.45) is 1.73. The minimum Gasteiger partial charge on any atom is -0.402 e. The van der Waals surface area contributed by atoms with Gasteiger partial charge < -0.3 is 9.64 Å². The van der Waals surface area contributed by atoms with E-state index in [1.54, 1.807) is 6.08 Å². The van der Waals surface area contributed by atoms with Gasteiger partial charge in [0.1, 0.15) is 0 Å². The summed E-state index contributed by atoms with van der Waals surface area (Å²) < 4.78 is 6.21. The first-order valence-corrected chi connectivity index (χ1v) is 7.88. The Morgan fingerprint density at radius 2 is 1.70 bits per heavy atom. The van der Waals surface area contributed by atoms with Gasteiger partial charge in [0.2, 0.25) is 5.90 Å². The highest BCUT2D eigenvalue weighted by atomic mass is 79.9. The summed E-state index contributed by atoms with van der Waals surface area (Å²) in [5, 5.41) is 0. The Bertz CT molecular complexity index is 791. The number of esters is 1. The minimum absolute atomic E-state index is 0.306. The molecule has 0 bridgehead atoms. The van der Waals surface area contributed by atoms with Gasteiger partial charge in [-0.05, 0) is 48.0 Å². The van der Waals surface area contributed by atoms with Crippen molar-refractivity contribution in [3.8, 4) is 0 Å². The van der Waals surface area contributed by atoms with Gasteiger partial charge in [-0.15, -0.1) is 0 Å². The Morgan fingerprint density at radius 1 is 1.04 bits per heavy atom. The minimum atomic E-state index is -0.431. The molecular formula is C18H15BrN2O2. The lowest BCUT2D eigenvalue weighted by Crippen LogP contribution is -2.08. The maximum atomic E-state index is 12.0. The number of anilines is 1. The molecule has 1 aliphatic heterocycles. The molecule has 0 saturated carbocycles. The number of ether oxygens (including phenoxy) is 1. The van der Waals surface area contributed by atoms with Crippen molar-refractivity contribution in [2.45, 2.75) is 0 Å². The van der Waals surface area contributed by atoms with E-state index in [9.17, 15) is 4.79 Å². The fourth-order valence-electron chi connectivity index (χ4n) is 2.15. The highest BCUT2D eigenvalue weighted by Gasteiger charge is 2.23. The van der Waals surface area contributed by atoms with Crippen LogP contribution in [0.5, 0.6) is 0 Å². The zero-order valence-corrected chi connectivity index (χ0v) is 14.4. The van der Waals surface area contributed by atoms with Crippen molar-refractivity contribution in [3.05, 3.63) is 69.8 Å². The van der Waals surface area contributed by atoms with Gasteiger partial charge >= 0.3 is 5.97 Å². The summed E-state index contributed by atoms with van der Waals surface area (Å²) in [5.41, 5.74) is 3.08. The Morgan fingerprint density at radius 3 is 2.30 bits per heavy atom. The molecule has 3 rings (SSSR count). The largest absolute Gasteiger partial charge is 0.402 e. The van der Waals surface area contributed by atoms with Gasteiger partial charge in [0.15, 0.2) is 5.70 Å². The molecule has 0 N–H and O–H groups in total. The smallest absolute Gasteiger partial charge is 0.363 e. The molecule has 0 unspecified atom stereocenters. The zero-order valence-electron chi connectivity index (χ0n) is 12.8. The van der Waals surface area contributed by atoms with E-state index in [-0.39, 0.29) is 0 Å². The summed E-state index contributed by atoms with van der Waals surface area (Å²) in [6, 6.07) is 15.3. The van der Waals surface area contributed by atoms with E-state index < -0.39 is 5.97 Å². The number of carbonyl (C=O) groups is 1. The summed E-state index contributed by atoms with van der Waals surface area (Å²) in [7, 11) is 3.97. The predicted octanol–water partition coefficient (Wildman–Crippen LogP) is 3.86. The fourth-order valence-corrected chi connectivity index (χ4v) is 2.42. The van der Waals surface area contributed by atoms with Crippen LogP contribution in [0.25, 0.3) is 6.08 Å². The molecule has 23 heavy (non-hydrogen) atoms. The second kappa shape index (κ2) is 6.38. The SMILES string of the molecule is CN(C)c1ccc(/C=C2\N=C(c3ccc(Br)cc3)OC2=O)cc1. The van der Waals surface area contributed by atoms with Gasteiger partial charge in [-0.2, -0.15) is 0 Å². The van der Waals surface area contributed by atoms with Gasteiger partial charge in [-0.25, -0.2) is 9.79 Å². The fraction of sp³-hybridized carbons (Fsp3) is 0.111. The molecule has 4 nitrogen and oxygen atoms in total. The first-order chi connectivity index (χ1) is 11.0. The number of hydrogen-bond acceptors (Lipinski definition) is 4. The number of nitrogens with zero attached hydrogens (tertiary/aromatic N) is 2. The van der Waals surface area contributed by atoms with E-state index in [0.29, 0.717) is 11.6 Å². The van der Waals surface area contributed by atoms with E-state index in [1.807, 2.05) is 67.5 Å². The van der Waals surface area contributed by atoms with E-state index in [4.69, 9.17) is 4.74 Å². The molecule has 0 spiro atoms. The Balaban J connectivity index is 1.87. The van der Waals surface area contributed by atoms with Crippen molar-refractivity contribution in [3.63, 3.8) is 0 Å². The quantitative estimate of drug-likeness (QED) is 0.608. The van der Waals surface area contributed by atoms with Gasteiger partial charge in [0, 0.05) is 29.8 Å². The second-order valence-electron chi connectivity index (χ2n) is 5.33. The van der Waals surface area contributed by atoms with Crippen LogP contribution >= 0.6 is 15.9 Å². The summed E-state index contributed by atoms with van der Waals surface area (Å²) in [6.45, 7) is 0. The highest BCUT2D eigenvalue weighted by Crippen LogP contribution is 2.21. The van der Waals surface area contributed by atoms with Crippen LogP contribution in [0.15, 0.2) is 63.7 Å². The maximum absolute atomic E-state index is 12.0. The van der Waals surface area contributed by atoms with Crippen LogP contribution in [-0.2, 0) is 9.53 Å². The summed E-state index contributed by atoms with van der Waals surface area (Å²) in [5.74, 6) is -0.0988. The van der Waals surface area contributed by atoms with Gasteiger partial charge in [-0.3, -0.25) is 0 Å². The number of hydrogen-bond donors (Lipinski definition) is 0. The monoisotopic (exact) mass is 370 g/mol. The van der Waals surface area contributed by atoms with Crippen LogP contribution in [0.1, 0.15) is 11.1 Å². The van der Waals surface area contributed by atoms with Crippen molar-refractivity contribution in [1.82, 2.24) is 0 Å². The molecule has 2 aromatic rings. The standard InChI is InChI=1S/C18H15BrN2O2/c1-21(2)15-9-3-12(4-10-15)11-16-18(22)23-17(20-16)13-5-7-14(19)8-6-13/h3-11H,1-2H3/b16-11-. The molecule has 0 amide bonds. The molecule has 5 heteroatoms. The third-order valence-corrected chi connectivity index (χ3v) is 3.95. The number of cyclic esters (lactones) is 1. The Labute approximate surface area is 143 Å². The lowest BCUT2D eigenvalue weighted by atomic mass is 10.1. The predicted molar refractivity (Wildman–Crippen MR) is 95.5 cm³/mol. The third kappa shape index (κ3) is 3.51. The molecule has 116 valence electrons. The zero-order chi connectivity index (χ0) is 16.4. The average molecular weight is 371 g/mol. The Kier molecular flexibility index (Phi) is 4.30. The van der Waals surface area contributed by atoms with E-state index in [1.165, 1.54) is 0 Å². The normalized spacial score (nSPS) is 15.5. The molecule has 1 aliphatic rings. The first-order valence-electron chi connectivity index (χ1n) is 7.09. The van der Waals surface area contributed by atoms with E-state index >= 15 is 0 Å². The first kappa shape index (κ1) is 15.5. The Hall–Kier alpha value is -2.40. The number of aliphatic imine (C=N–C) groups is 1. The third-order valence-electron chi connectivity index (χ3n) is 3.42. The number of halogens is 1. The van der Waals surface area contributed by atoms with Crippen LogP contribution < -0.4 is 4.90 Å². The van der Waals surface area contributed by atoms with Crippen molar-refractivity contribution < 1.29 is 9.53 Å². The summed E-state index contributed by atoms with van der Waals surface area (Å²) in [4.78, 5) is 18.3. The lowest BCUT2D eigenvalue weighted by Gasteiger charge is -2.11. The molecule has 2 aromatic carbocycles. The van der Waals surface area contributed by atoms with Crippen molar-refractivity contribution in [2.75, 3.05) is 19.0 Å². The molecular weight excluding hydrogens is 356 g/mol. The van der Waals surface area contributed by atoms with Gasteiger partial charge in [0.05, 0.1) is 0 Å². The van der Waals surface area contributed by atoms with E-state index in [0.717, 1.165) is 21.3 Å². The van der Waals surface area contributed by atoms with Gasteiger partial charge in [-0.1, -0.05) is 28.1 Å². The summed E-state index contributed by atoms with van der Waals surface area (Å²) >= 11 is 3.38. The second-order valence-corrected chi connectivity index (χ2v) is 6.24. The molecule has 1 heterocycles. The highest BCUT2D eigenvalue weighted by molar-refractivity contribution is 9.10. The molecule has 0 aliphatic carbocycles. The maximum Gasteiger partial charge on any atom is 0.363 e. The van der Waals surface area contributed by atoms with Crippen LogP contribution in [0.2, 0.25) is 0 Å². The van der Waals surface area contributed by atoms with Gasteiger partial charge in [0.25, 0.3) is 0 Å². The van der Waals surface area contributed by atoms with Crippen LogP contribution in [0, 0.1) is 0 Å². The van der Waals surface area contributed by atoms with Crippen molar-refractivity contribution >= 4 is 39.6 Å². The molecule has 0 aromatic heterocycles. The molecule has 0 saturated heterocycles. The lowest BCUT2D eigenvalue weighted by molar-refractivity contribution is -0.129. The van der Waals surface area contributed by atoms with Crippen molar-refractivity contribution in [2.24, 2.45) is 4.99 Å². The van der Waals surface area contributed by atoms with Crippen molar-refractivity contribution in [1.29, 1.82) is 0 Å². The van der Waals surface area contributed by atoms with Crippen LogP contribution in [0.3, 0.4) is 0 Å². The number of rotatable bonds is 3. The number of carbonyl (C=O) groups excluding carboxylic acids is 1. The van der Waals surface area contributed by atoms with Crippen LogP contribution in [-0.4, -0.2) is 26.0 Å². The topological polar surface area (TPSA) is 41.9 Å². The molecule has 0 radical (unpaired) electrons. The molecule has 0 atom stereocenters. The average Bonchev–Trinajstić information content (AvgIpc) is 2.89. The van der Waals surface area contributed by atoms with Crippen LogP contribution in [0.4, 0.5) is 5.69 Å². The molecule has 0 fully saturated rings. The van der Waals surface area contributed by atoms with E-state index in [2.05, 4.69) is 20.9 Å².